The van der Waals surface area contributed by atoms with Gasteiger partial charge in [-0.1, -0.05) is 12.1 Å². The Balaban J connectivity index is 2.14. The molecule has 0 aliphatic heterocycles. The lowest BCUT2D eigenvalue weighted by Gasteiger charge is -2.19. The lowest BCUT2D eigenvalue weighted by molar-refractivity contribution is 0.208. The Kier molecular flexibility index (Phi) is 3.36. The van der Waals surface area contributed by atoms with E-state index in [4.69, 9.17) is 4.74 Å². The molecule has 0 radical (unpaired) electrons. The van der Waals surface area contributed by atoms with Crippen LogP contribution in [0.3, 0.4) is 0 Å². The van der Waals surface area contributed by atoms with E-state index in [0.717, 1.165) is 31.7 Å². The average Bonchev–Trinajstić information content (AvgIpc) is 2.72. The first-order chi connectivity index (χ1) is 7.97. The largest absolute Gasteiger partial charge is 0.509 e. The molecule has 1 nitrogen and oxygen atoms in total. The van der Waals surface area contributed by atoms with E-state index in [9.17, 15) is 12.9 Å². The van der Waals surface area contributed by atoms with Crippen molar-refractivity contribution in [3.63, 3.8) is 0 Å². The molecule has 1 aliphatic carbocycles. The number of hydrogen-bond donors (Lipinski definition) is 0. The Bertz CT molecular complexity index is 397. The number of benzene rings is 1. The van der Waals surface area contributed by atoms with Crippen molar-refractivity contribution in [2.75, 3.05) is 0 Å². The number of ether oxygens (including phenoxy) is 1. The van der Waals surface area contributed by atoms with E-state index in [1.165, 1.54) is 12.1 Å². The van der Waals surface area contributed by atoms with Crippen LogP contribution in [0.15, 0.2) is 18.2 Å². The summed E-state index contributed by atoms with van der Waals surface area (Å²) in [6.45, 7) is -3.25. The highest BCUT2D eigenvalue weighted by Gasteiger charge is 2.26. The Morgan fingerprint density at radius 2 is 1.82 bits per heavy atom. The van der Waals surface area contributed by atoms with Gasteiger partial charge in [-0.05, 0) is 44.2 Å². The van der Waals surface area contributed by atoms with E-state index >= 15 is 0 Å². The third-order valence-electron chi connectivity index (χ3n) is 3.17. The van der Waals surface area contributed by atoms with Crippen LogP contribution < -0.4 is 10.2 Å². The Morgan fingerprint density at radius 3 is 2.35 bits per heavy atom. The quantitative estimate of drug-likeness (QED) is 0.739. The SMILES string of the molecule is Cc1cc([B-](F)(F)F)ccc1OC1CCCC1. The Hall–Kier alpha value is -1.13. The highest BCUT2D eigenvalue weighted by molar-refractivity contribution is 6.73. The van der Waals surface area contributed by atoms with Gasteiger partial charge in [-0.25, -0.2) is 0 Å². The molecule has 0 unspecified atom stereocenters. The fourth-order valence-corrected chi connectivity index (χ4v) is 2.19. The molecule has 0 spiro atoms. The summed E-state index contributed by atoms with van der Waals surface area (Å²) in [6, 6.07) is 3.72. The first-order valence-corrected chi connectivity index (χ1v) is 5.94. The fourth-order valence-electron chi connectivity index (χ4n) is 2.19. The molecule has 17 heavy (non-hydrogen) atoms. The predicted octanol–water partition coefficient (Wildman–Crippen LogP) is 3.37. The smallest absolute Gasteiger partial charge is 0.490 e. The van der Waals surface area contributed by atoms with Crippen LogP contribution in [-0.2, 0) is 0 Å². The second-order valence-corrected chi connectivity index (χ2v) is 4.62. The Labute approximate surface area is 99.0 Å². The zero-order chi connectivity index (χ0) is 12.5. The van der Waals surface area contributed by atoms with E-state index in [1.54, 1.807) is 6.92 Å². The second-order valence-electron chi connectivity index (χ2n) is 4.62. The van der Waals surface area contributed by atoms with Gasteiger partial charge in [-0.2, -0.15) is 0 Å². The molecule has 1 aliphatic rings. The lowest BCUT2D eigenvalue weighted by atomic mass is 9.79. The van der Waals surface area contributed by atoms with Crippen LogP contribution in [0.5, 0.6) is 5.75 Å². The molecule has 2 rings (SSSR count). The van der Waals surface area contributed by atoms with Crippen LogP contribution in [0, 0.1) is 6.92 Å². The van der Waals surface area contributed by atoms with Crippen molar-refractivity contribution >= 4 is 12.4 Å². The van der Waals surface area contributed by atoms with Gasteiger partial charge in [0.05, 0.1) is 6.10 Å². The van der Waals surface area contributed by atoms with Crippen molar-refractivity contribution in [2.45, 2.75) is 38.7 Å². The monoisotopic (exact) mass is 243 g/mol. The summed E-state index contributed by atoms with van der Waals surface area (Å²) in [4.78, 5) is 0. The van der Waals surface area contributed by atoms with E-state index in [0.29, 0.717) is 11.3 Å². The molecule has 1 saturated carbocycles. The van der Waals surface area contributed by atoms with Gasteiger partial charge in [0, 0.05) is 0 Å². The molecule has 1 aromatic rings. The zero-order valence-electron chi connectivity index (χ0n) is 9.76. The van der Waals surface area contributed by atoms with Crippen molar-refractivity contribution in [1.82, 2.24) is 0 Å². The summed E-state index contributed by atoms with van der Waals surface area (Å²) in [5, 5.41) is 0. The third-order valence-corrected chi connectivity index (χ3v) is 3.17. The van der Waals surface area contributed by atoms with Gasteiger partial charge < -0.3 is 17.7 Å². The fraction of sp³-hybridized carbons (Fsp3) is 0.500. The number of aryl methyl sites for hydroxylation is 1. The molecule has 0 heterocycles. The van der Waals surface area contributed by atoms with Crippen LogP contribution >= 0.6 is 0 Å². The summed E-state index contributed by atoms with van der Waals surface area (Å²) in [7, 11) is 0. The summed E-state index contributed by atoms with van der Waals surface area (Å²) in [6.07, 6.45) is 4.48. The standard InChI is InChI=1S/C12H15BF3O/c1-9-8-10(13(14,15)16)6-7-12(9)17-11-4-2-3-5-11/h6-8,11H,2-5H2,1H3/q-1. The van der Waals surface area contributed by atoms with E-state index < -0.39 is 12.4 Å². The van der Waals surface area contributed by atoms with Gasteiger partial charge in [-0.3, -0.25) is 0 Å². The summed E-state index contributed by atoms with van der Waals surface area (Å²) in [5.41, 5.74) is 0.00914. The molecular formula is C12H15BF3O-. The van der Waals surface area contributed by atoms with Gasteiger partial charge in [-0.15, -0.1) is 5.46 Å². The molecule has 1 aromatic carbocycles. The molecule has 5 heteroatoms. The molecule has 94 valence electrons. The van der Waals surface area contributed by atoms with Gasteiger partial charge in [0.1, 0.15) is 5.75 Å². The van der Waals surface area contributed by atoms with E-state index in [-0.39, 0.29) is 6.10 Å². The number of rotatable bonds is 3. The van der Waals surface area contributed by atoms with E-state index in [1.807, 2.05) is 0 Å². The van der Waals surface area contributed by atoms with Crippen LogP contribution in [-0.4, -0.2) is 13.1 Å². The highest BCUT2D eigenvalue weighted by Crippen LogP contribution is 2.26. The molecule has 0 amide bonds. The minimum absolute atomic E-state index is 0.177. The van der Waals surface area contributed by atoms with Gasteiger partial charge in [0.2, 0.25) is 0 Å². The number of hydrogen-bond acceptors (Lipinski definition) is 1. The van der Waals surface area contributed by atoms with Gasteiger partial charge in [0.15, 0.2) is 0 Å². The molecule has 1 fully saturated rings. The molecule has 0 saturated heterocycles. The third kappa shape index (κ3) is 2.96. The van der Waals surface area contributed by atoms with E-state index in [2.05, 4.69) is 0 Å². The molecule has 0 atom stereocenters. The van der Waals surface area contributed by atoms with Crippen LogP contribution in [0.25, 0.3) is 0 Å². The van der Waals surface area contributed by atoms with Crippen LogP contribution in [0.4, 0.5) is 12.9 Å². The maximum Gasteiger partial charge on any atom is 0.509 e. The van der Waals surface area contributed by atoms with Gasteiger partial charge >= 0.3 is 6.98 Å². The molecule has 0 N–H and O–H groups in total. The van der Waals surface area contributed by atoms with Crippen molar-refractivity contribution < 1.29 is 17.7 Å². The summed E-state index contributed by atoms with van der Waals surface area (Å²) in [5.74, 6) is 0.584. The summed E-state index contributed by atoms with van der Waals surface area (Å²) >= 11 is 0. The highest BCUT2D eigenvalue weighted by atomic mass is 19.4. The molecule has 0 aromatic heterocycles. The molecule has 0 bridgehead atoms. The molecular weight excluding hydrogens is 228 g/mol. The predicted molar refractivity (Wildman–Crippen MR) is 62.8 cm³/mol. The minimum Gasteiger partial charge on any atom is -0.490 e. The first kappa shape index (κ1) is 12.3. The maximum absolute atomic E-state index is 12.5. The normalized spacial score (nSPS) is 17.4. The van der Waals surface area contributed by atoms with Crippen molar-refractivity contribution in [1.29, 1.82) is 0 Å². The summed E-state index contributed by atoms with van der Waals surface area (Å²) < 4.78 is 43.3. The zero-order valence-corrected chi connectivity index (χ0v) is 9.76. The van der Waals surface area contributed by atoms with Crippen LogP contribution in [0.2, 0.25) is 0 Å². The second kappa shape index (κ2) is 4.63. The lowest BCUT2D eigenvalue weighted by Crippen LogP contribution is -2.34. The maximum atomic E-state index is 12.5. The van der Waals surface area contributed by atoms with Gasteiger partial charge in [0.25, 0.3) is 0 Å². The number of halogens is 3. The van der Waals surface area contributed by atoms with Crippen molar-refractivity contribution in [3.05, 3.63) is 23.8 Å². The average molecular weight is 243 g/mol. The first-order valence-electron chi connectivity index (χ1n) is 5.94. The van der Waals surface area contributed by atoms with Crippen molar-refractivity contribution in [3.8, 4) is 5.75 Å². The van der Waals surface area contributed by atoms with Crippen molar-refractivity contribution in [2.24, 2.45) is 0 Å². The minimum atomic E-state index is -4.91. The Morgan fingerprint density at radius 1 is 1.18 bits per heavy atom. The van der Waals surface area contributed by atoms with Crippen LogP contribution in [0.1, 0.15) is 31.2 Å². The topological polar surface area (TPSA) is 9.23 Å².